The summed E-state index contributed by atoms with van der Waals surface area (Å²) in [4.78, 5) is 3.62. The average Bonchev–Trinajstić information content (AvgIpc) is 2.93. The van der Waals surface area contributed by atoms with Crippen LogP contribution in [0.2, 0.25) is 0 Å². The molecule has 7 heteroatoms. The molecule has 5 nitrogen and oxygen atoms in total. The summed E-state index contributed by atoms with van der Waals surface area (Å²) in [6, 6.07) is 7.22. The number of nitrogens with one attached hydrogen (secondary N) is 2. The molecule has 1 heterocycles. The van der Waals surface area contributed by atoms with Crippen LogP contribution in [-0.4, -0.2) is 61.2 Å². The first-order chi connectivity index (χ1) is 13.0. The van der Waals surface area contributed by atoms with Crippen molar-refractivity contribution in [3.63, 3.8) is 0 Å². The first-order valence-corrected chi connectivity index (χ1v) is 12.4. The van der Waals surface area contributed by atoms with Crippen LogP contribution in [0.25, 0.3) is 0 Å². The van der Waals surface area contributed by atoms with Crippen molar-refractivity contribution in [2.75, 3.05) is 29.9 Å². The highest BCUT2D eigenvalue weighted by molar-refractivity contribution is 7.91. The monoisotopic (exact) mass is 426 g/mol. The predicted octanol–water partition coefficient (Wildman–Crippen LogP) is 2.19. The molecule has 0 saturated carbocycles. The number of quaternary nitrogens is 1. The van der Waals surface area contributed by atoms with E-state index in [-0.39, 0.29) is 17.5 Å². The maximum atomic E-state index is 12.1. The van der Waals surface area contributed by atoms with Crippen LogP contribution < -0.4 is 10.2 Å². The number of anilines is 1. The van der Waals surface area contributed by atoms with Crippen LogP contribution >= 0.6 is 12.2 Å². The van der Waals surface area contributed by atoms with Gasteiger partial charge in [0.1, 0.15) is 0 Å². The van der Waals surface area contributed by atoms with Crippen LogP contribution in [0, 0.1) is 13.8 Å². The fraction of sp³-hybridized carbons (Fsp3) is 0.667. The van der Waals surface area contributed by atoms with Crippen LogP contribution in [0.3, 0.4) is 0 Å². The van der Waals surface area contributed by atoms with Gasteiger partial charge in [-0.15, -0.1) is 0 Å². The Bertz CT molecular complexity index is 783. The van der Waals surface area contributed by atoms with Crippen molar-refractivity contribution in [3.05, 3.63) is 29.3 Å². The third kappa shape index (κ3) is 6.16. The molecule has 0 spiro atoms. The lowest BCUT2D eigenvalue weighted by molar-refractivity contribution is -0.941. The average molecular weight is 427 g/mol. The summed E-state index contributed by atoms with van der Waals surface area (Å²) in [6.45, 7) is 14.7. The molecule has 0 aromatic heterocycles. The Hall–Kier alpha value is -1.18. The highest BCUT2D eigenvalue weighted by Crippen LogP contribution is 2.21. The Morgan fingerprint density at radius 1 is 1.25 bits per heavy atom. The first-order valence-electron chi connectivity index (χ1n) is 10.2. The van der Waals surface area contributed by atoms with Crippen molar-refractivity contribution in [3.8, 4) is 0 Å². The molecule has 1 fully saturated rings. The Balaban J connectivity index is 2.19. The zero-order valence-electron chi connectivity index (χ0n) is 18.1. The summed E-state index contributed by atoms with van der Waals surface area (Å²) in [5.41, 5.74) is 3.29. The van der Waals surface area contributed by atoms with Gasteiger partial charge in [0.2, 0.25) is 0 Å². The molecule has 0 radical (unpaired) electrons. The van der Waals surface area contributed by atoms with Crippen molar-refractivity contribution in [2.45, 2.75) is 66.1 Å². The van der Waals surface area contributed by atoms with E-state index in [0.29, 0.717) is 23.6 Å². The van der Waals surface area contributed by atoms with Crippen molar-refractivity contribution in [2.24, 2.45) is 0 Å². The molecule has 2 rings (SSSR count). The van der Waals surface area contributed by atoms with Gasteiger partial charge in [-0.2, -0.15) is 0 Å². The van der Waals surface area contributed by atoms with Gasteiger partial charge in [0, 0.05) is 11.7 Å². The van der Waals surface area contributed by atoms with Crippen LogP contribution in [0.5, 0.6) is 0 Å². The number of hydrogen-bond acceptors (Lipinski definition) is 3. The van der Waals surface area contributed by atoms with E-state index >= 15 is 0 Å². The Kier molecular flexibility index (Phi) is 7.88. The number of thiocarbonyl (C=S) groups is 1. The number of aryl methyl sites for hydroxylation is 2. The minimum absolute atomic E-state index is 0.0457. The van der Waals surface area contributed by atoms with Crippen molar-refractivity contribution in [1.82, 2.24) is 4.90 Å². The van der Waals surface area contributed by atoms with Gasteiger partial charge in [0.05, 0.1) is 36.7 Å². The molecule has 28 heavy (non-hydrogen) atoms. The minimum atomic E-state index is -2.97. The molecule has 1 aliphatic rings. The summed E-state index contributed by atoms with van der Waals surface area (Å²) in [7, 11) is -2.97. The van der Waals surface area contributed by atoms with E-state index in [0.717, 1.165) is 24.3 Å². The zero-order chi connectivity index (χ0) is 21.1. The highest BCUT2D eigenvalue weighted by Gasteiger charge is 2.34. The zero-order valence-corrected chi connectivity index (χ0v) is 19.7. The van der Waals surface area contributed by atoms with Crippen molar-refractivity contribution < 1.29 is 13.3 Å². The molecule has 0 aliphatic carbocycles. The number of benzene rings is 1. The summed E-state index contributed by atoms with van der Waals surface area (Å²) < 4.78 is 24.2. The van der Waals surface area contributed by atoms with Gasteiger partial charge in [0.15, 0.2) is 14.9 Å². The number of sulfone groups is 1. The maximum absolute atomic E-state index is 12.1. The van der Waals surface area contributed by atoms with Crippen molar-refractivity contribution in [1.29, 1.82) is 0 Å². The third-order valence-corrected chi connectivity index (χ3v) is 7.76. The molecule has 1 saturated heterocycles. The second-order valence-corrected chi connectivity index (χ2v) is 11.2. The van der Waals surface area contributed by atoms with Crippen LogP contribution in [0.1, 0.15) is 45.2 Å². The predicted molar refractivity (Wildman–Crippen MR) is 122 cm³/mol. The van der Waals surface area contributed by atoms with Crippen LogP contribution in [-0.2, 0) is 9.84 Å². The van der Waals surface area contributed by atoms with E-state index < -0.39 is 9.84 Å². The second-order valence-electron chi connectivity index (χ2n) is 8.63. The lowest BCUT2D eigenvalue weighted by atomic mass is 10.1. The van der Waals surface area contributed by atoms with E-state index in [2.05, 4.69) is 70.0 Å². The van der Waals surface area contributed by atoms with Gasteiger partial charge >= 0.3 is 0 Å². The largest absolute Gasteiger partial charge is 0.339 e. The molecule has 1 aromatic rings. The quantitative estimate of drug-likeness (QED) is 0.655. The summed E-state index contributed by atoms with van der Waals surface area (Å²) in [5.74, 6) is 0.450. The normalized spacial score (nSPS) is 18.8. The maximum Gasteiger partial charge on any atom is 0.173 e. The molecule has 0 bridgehead atoms. The highest BCUT2D eigenvalue weighted by atomic mass is 32.2. The Labute approximate surface area is 176 Å². The van der Waals surface area contributed by atoms with E-state index in [9.17, 15) is 8.42 Å². The van der Waals surface area contributed by atoms with Gasteiger partial charge in [-0.05, 0) is 77.4 Å². The van der Waals surface area contributed by atoms with E-state index in [1.54, 1.807) is 0 Å². The first kappa shape index (κ1) is 23.1. The lowest BCUT2D eigenvalue weighted by Crippen LogP contribution is -3.18. The molecule has 2 N–H and O–H groups in total. The van der Waals surface area contributed by atoms with Gasteiger partial charge < -0.3 is 15.1 Å². The number of nitrogens with zero attached hydrogens (tertiary/aromatic N) is 1. The molecule has 1 atom stereocenters. The summed E-state index contributed by atoms with van der Waals surface area (Å²) >= 11 is 5.77. The molecule has 158 valence electrons. The lowest BCUT2D eigenvalue weighted by Gasteiger charge is -2.34. The van der Waals surface area contributed by atoms with Gasteiger partial charge in [-0.1, -0.05) is 12.1 Å². The Morgan fingerprint density at radius 3 is 2.43 bits per heavy atom. The Morgan fingerprint density at radius 2 is 1.89 bits per heavy atom. The van der Waals surface area contributed by atoms with Gasteiger partial charge in [0.25, 0.3) is 0 Å². The molecule has 1 aliphatic heterocycles. The summed E-state index contributed by atoms with van der Waals surface area (Å²) in [5, 5.41) is 4.02. The second kappa shape index (κ2) is 9.55. The molecule has 1 aromatic carbocycles. The number of rotatable bonds is 7. The van der Waals surface area contributed by atoms with E-state index in [1.165, 1.54) is 10.5 Å². The minimum Gasteiger partial charge on any atom is -0.339 e. The standard InChI is InChI=1S/C21H35N3O2S2/c1-15(2)23(16(3)4)10-11-24(19-9-12-28(25,26)14-19)21(27)22-20-13-17(5)7-8-18(20)6/h7-8,13,15-16,19H,9-12,14H2,1-6H3,(H,22,27)/p+1/t19-/m1/s1. The van der Waals surface area contributed by atoms with E-state index in [4.69, 9.17) is 12.2 Å². The SMILES string of the molecule is Cc1ccc(C)c(NC(=S)N(CC[NH+](C(C)C)C(C)C)[C@@H]2CCS(=O)(=O)C2)c1. The smallest absolute Gasteiger partial charge is 0.173 e. The molecular formula is C21H36N3O2S2+. The van der Waals surface area contributed by atoms with Gasteiger partial charge in [-0.25, -0.2) is 8.42 Å². The molecule has 0 amide bonds. The van der Waals surface area contributed by atoms with Gasteiger partial charge in [-0.3, -0.25) is 0 Å². The van der Waals surface area contributed by atoms with Crippen LogP contribution in [0.15, 0.2) is 18.2 Å². The van der Waals surface area contributed by atoms with Crippen LogP contribution in [0.4, 0.5) is 5.69 Å². The molecule has 0 unspecified atom stereocenters. The van der Waals surface area contributed by atoms with E-state index in [1.807, 2.05) is 0 Å². The molecular weight excluding hydrogens is 390 g/mol. The summed E-state index contributed by atoms with van der Waals surface area (Å²) in [6.07, 6.45) is 0.648. The third-order valence-electron chi connectivity index (χ3n) is 5.67. The topological polar surface area (TPSA) is 53.9 Å². The van der Waals surface area contributed by atoms with Crippen molar-refractivity contribution >= 4 is 32.9 Å². The fourth-order valence-electron chi connectivity index (χ4n) is 4.02. The fourth-order valence-corrected chi connectivity index (χ4v) is 6.10. The number of hydrogen-bond donors (Lipinski definition) is 2.